The summed E-state index contributed by atoms with van der Waals surface area (Å²) < 4.78 is 0. The predicted molar refractivity (Wildman–Crippen MR) is 77.9 cm³/mol. The van der Waals surface area contributed by atoms with E-state index >= 15 is 0 Å². The predicted octanol–water partition coefficient (Wildman–Crippen LogP) is 1.82. The molecule has 0 saturated heterocycles. The van der Waals surface area contributed by atoms with Crippen molar-refractivity contribution < 1.29 is 9.90 Å². The summed E-state index contributed by atoms with van der Waals surface area (Å²) in [6, 6.07) is -0.0484. The standard InChI is InChI=1S/C15H30N2O2/c1-5-12(3)17-14(18)13(4)16-10-15(19)8-6-11(2)7-9-15/h11-13,16,19H,5-10H2,1-4H3,(H,17,18). The molecule has 1 fully saturated rings. The van der Waals surface area contributed by atoms with Crippen LogP contribution >= 0.6 is 0 Å². The van der Waals surface area contributed by atoms with Gasteiger partial charge in [-0.1, -0.05) is 13.8 Å². The molecule has 0 aromatic rings. The first-order valence-electron chi connectivity index (χ1n) is 7.62. The van der Waals surface area contributed by atoms with Crippen LogP contribution in [0.2, 0.25) is 0 Å². The maximum atomic E-state index is 11.9. The summed E-state index contributed by atoms with van der Waals surface area (Å²) in [7, 11) is 0. The normalized spacial score (nSPS) is 30.7. The maximum absolute atomic E-state index is 11.9. The molecule has 0 aliphatic heterocycles. The molecule has 1 amide bonds. The van der Waals surface area contributed by atoms with Gasteiger partial charge in [0.25, 0.3) is 0 Å². The third-order valence-electron chi connectivity index (χ3n) is 4.34. The second-order valence-electron chi connectivity index (χ2n) is 6.33. The number of nitrogens with one attached hydrogen (secondary N) is 2. The van der Waals surface area contributed by atoms with E-state index in [0.29, 0.717) is 12.5 Å². The minimum atomic E-state index is -0.628. The van der Waals surface area contributed by atoms with E-state index in [0.717, 1.165) is 32.1 Å². The van der Waals surface area contributed by atoms with Crippen LogP contribution < -0.4 is 10.6 Å². The molecule has 1 rings (SSSR count). The van der Waals surface area contributed by atoms with Gasteiger partial charge < -0.3 is 15.7 Å². The summed E-state index contributed by atoms with van der Waals surface area (Å²) in [6.07, 6.45) is 4.75. The Kier molecular flexibility index (Phi) is 6.27. The summed E-state index contributed by atoms with van der Waals surface area (Å²) in [6.45, 7) is 8.65. The number of amides is 1. The third-order valence-corrected chi connectivity index (χ3v) is 4.34. The van der Waals surface area contributed by atoms with Crippen molar-refractivity contribution in [3.05, 3.63) is 0 Å². The number of aliphatic hydroxyl groups is 1. The van der Waals surface area contributed by atoms with E-state index in [-0.39, 0.29) is 18.0 Å². The van der Waals surface area contributed by atoms with E-state index in [9.17, 15) is 9.90 Å². The molecule has 1 saturated carbocycles. The summed E-state index contributed by atoms with van der Waals surface area (Å²) in [5.74, 6) is 0.730. The minimum absolute atomic E-state index is 0.0159. The molecule has 2 atom stereocenters. The van der Waals surface area contributed by atoms with Crippen LogP contribution in [-0.2, 0) is 4.79 Å². The van der Waals surface area contributed by atoms with Gasteiger partial charge in [-0.3, -0.25) is 4.79 Å². The molecule has 4 nitrogen and oxygen atoms in total. The van der Waals surface area contributed by atoms with E-state index in [1.165, 1.54) is 0 Å². The van der Waals surface area contributed by atoms with Crippen molar-refractivity contribution >= 4 is 5.91 Å². The molecule has 0 aromatic carbocycles. The molecule has 19 heavy (non-hydrogen) atoms. The molecule has 2 unspecified atom stereocenters. The van der Waals surface area contributed by atoms with Gasteiger partial charge >= 0.3 is 0 Å². The highest BCUT2D eigenvalue weighted by atomic mass is 16.3. The van der Waals surface area contributed by atoms with Crippen LogP contribution in [0.15, 0.2) is 0 Å². The lowest BCUT2D eigenvalue weighted by Crippen LogP contribution is -2.51. The van der Waals surface area contributed by atoms with Crippen LogP contribution in [0.5, 0.6) is 0 Å². The van der Waals surface area contributed by atoms with Crippen molar-refractivity contribution in [1.29, 1.82) is 0 Å². The molecule has 3 N–H and O–H groups in total. The molecule has 112 valence electrons. The number of carbonyl (C=O) groups excluding carboxylic acids is 1. The smallest absolute Gasteiger partial charge is 0.237 e. The largest absolute Gasteiger partial charge is 0.389 e. The molecular formula is C15H30N2O2. The molecular weight excluding hydrogens is 240 g/mol. The van der Waals surface area contributed by atoms with Gasteiger partial charge in [-0.2, -0.15) is 0 Å². The fourth-order valence-electron chi connectivity index (χ4n) is 2.38. The average Bonchev–Trinajstić information content (AvgIpc) is 2.39. The maximum Gasteiger partial charge on any atom is 0.237 e. The zero-order chi connectivity index (χ0) is 14.5. The zero-order valence-corrected chi connectivity index (χ0v) is 12.8. The highest BCUT2D eigenvalue weighted by Crippen LogP contribution is 2.31. The van der Waals surface area contributed by atoms with Gasteiger partial charge in [0.05, 0.1) is 11.6 Å². The third kappa shape index (κ3) is 5.49. The van der Waals surface area contributed by atoms with Gasteiger partial charge in [-0.25, -0.2) is 0 Å². The van der Waals surface area contributed by atoms with Gasteiger partial charge in [-0.15, -0.1) is 0 Å². The zero-order valence-electron chi connectivity index (χ0n) is 12.8. The Morgan fingerprint density at radius 1 is 1.37 bits per heavy atom. The molecule has 0 spiro atoms. The lowest BCUT2D eigenvalue weighted by Gasteiger charge is -2.35. The fraction of sp³-hybridized carbons (Fsp3) is 0.933. The van der Waals surface area contributed by atoms with E-state index in [4.69, 9.17) is 0 Å². The Morgan fingerprint density at radius 2 is 1.95 bits per heavy atom. The topological polar surface area (TPSA) is 61.4 Å². The van der Waals surface area contributed by atoms with Gasteiger partial charge in [0.1, 0.15) is 0 Å². The highest BCUT2D eigenvalue weighted by molar-refractivity contribution is 5.81. The monoisotopic (exact) mass is 270 g/mol. The molecule has 0 heterocycles. The van der Waals surface area contributed by atoms with E-state index in [1.807, 2.05) is 13.8 Å². The summed E-state index contributed by atoms with van der Waals surface area (Å²) in [5, 5.41) is 16.6. The van der Waals surface area contributed by atoms with Crippen molar-refractivity contribution in [2.75, 3.05) is 6.54 Å². The summed E-state index contributed by atoms with van der Waals surface area (Å²) in [5.41, 5.74) is -0.628. The average molecular weight is 270 g/mol. The van der Waals surface area contributed by atoms with E-state index < -0.39 is 5.60 Å². The van der Waals surface area contributed by atoms with E-state index in [1.54, 1.807) is 0 Å². The Bertz CT molecular complexity index is 286. The first-order chi connectivity index (χ1) is 8.86. The number of rotatable bonds is 6. The van der Waals surface area contributed by atoms with Crippen molar-refractivity contribution in [1.82, 2.24) is 10.6 Å². The van der Waals surface area contributed by atoms with Crippen LogP contribution in [0, 0.1) is 5.92 Å². The minimum Gasteiger partial charge on any atom is -0.389 e. The molecule has 1 aliphatic carbocycles. The van der Waals surface area contributed by atoms with E-state index in [2.05, 4.69) is 24.5 Å². The Morgan fingerprint density at radius 3 is 2.47 bits per heavy atom. The molecule has 0 radical (unpaired) electrons. The fourth-order valence-corrected chi connectivity index (χ4v) is 2.38. The van der Waals surface area contributed by atoms with Crippen LogP contribution in [0.1, 0.15) is 59.8 Å². The first-order valence-corrected chi connectivity index (χ1v) is 7.62. The molecule has 0 bridgehead atoms. The quantitative estimate of drug-likeness (QED) is 0.690. The van der Waals surface area contributed by atoms with Crippen molar-refractivity contribution in [3.8, 4) is 0 Å². The Hall–Kier alpha value is -0.610. The second-order valence-corrected chi connectivity index (χ2v) is 6.33. The summed E-state index contributed by atoms with van der Waals surface area (Å²) >= 11 is 0. The van der Waals surface area contributed by atoms with Crippen molar-refractivity contribution in [2.24, 2.45) is 5.92 Å². The number of hydrogen-bond acceptors (Lipinski definition) is 3. The van der Waals surface area contributed by atoms with Crippen LogP contribution in [-0.4, -0.2) is 35.2 Å². The lowest BCUT2D eigenvalue weighted by molar-refractivity contribution is -0.123. The molecule has 1 aliphatic rings. The van der Waals surface area contributed by atoms with Crippen LogP contribution in [0.4, 0.5) is 0 Å². The van der Waals surface area contributed by atoms with Gasteiger partial charge in [0, 0.05) is 12.6 Å². The number of hydrogen-bond donors (Lipinski definition) is 3. The first kappa shape index (κ1) is 16.4. The van der Waals surface area contributed by atoms with Crippen molar-refractivity contribution in [3.63, 3.8) is 0 Å². The lowest BCUT2D eigenvalue weighted by atomic mass is 9.79. The van der Waals surface area contributed by atoms with Gasteiger partial charge in [-0.05, 0) is 51.9 Å². The second kappa shape index (κ2) is 7.25. The highest BCUT2D eigenvalue weighted by Gasteiger charge is 2.32. The summed E-state index contributed by atoms with van der Waals surface area (Å²) in [4.78, 5) is 11.9. The van der Waals surface area contributed by atoms with Gasteiger partial charge in [0.2, 0.25) is 5.91 Å². The number of carbonyl (C=O) groups is 1. The molecule has 4 heteroatoms. The van der Waals surface area contributed by atoms with Crippen molar-refractivity contribution in [2.45, 2.75) is 77.5 Å². The Balaban J connectivity index is 2.33. The Labute approximate surface area is 117 Å². The SMILES string of the molecule is CCC(C)NC(=O)C(C)NCC1(O)CCC(C)CC1. The molecule has 0 aromatic heterocycles. The van der Waals surface area contributed by atoms with Gasteiger partial charge in [0.15, 0.2) is 0 Å². The van der Waals surface area contributed by atoms with Crippen LogP contribution in [0.3, 0.4) is 0 Å². The van der Waals surface area contributed by atoms with Crippen LogP contribution in [0.25, 0.3) is 0 Å².